The van der Waals surface area contributed by atoms with Crippen LogP contribution in [0.25, 0.3) is 0 Å². The molecule has 1 aromatic heterocycles. The number of hydrogen-bond donors (Lipinski definition) is 2. The van der Waals surface area contributed by atoms with Crippen LogP contribution in [0.3, 0.4) is 0 Å². The molecule has 0 aromatic carbocycles. The summed E-state index contributed by atoms with van der Waals surface area (Å²) in [6.45, 7) is 1.98. The Bertz CT molecular complexity index is 342. The fourth-order valence-electron chi connectivity index (χ4n) is 0.875. The van der Waals surface area contributed by atoms with Crippen LogP contribution in [-0.4, -0.2) is 21.5 Å². The largest absolute Gasteiger partial charge is 0.473 e. The van der Waals surface area contributed by atoms with Gasteiger partial charge in [-0.15, -0.1) is 0 Å². The summed E-state index contributed by atoms with van der Waals surface area (Å²) in [5, 5.41) is 10.6. The number of aromatic nitrogens is 2. The molecule has 1 heterocycles. The molecule has 8 nitrogen and oxygen atoms in total. The van der Waals surface area contributed by atoms with E-state index in [0.29, 0.717) is 0 Å². The van der Waals surface area contributed by atoms with Crippen LogP contribution >= 0.6 is 0 Å². The van der Waals surface area contributed by atoms with Crippen molar-refractivity contribution in [3.8, 4) is 5.88 Å². The summed E-state index contributed by atoms with van der Waals surface area (Å²) in [6, 6.07) is 0. The van der Waals surface area contributed by atoms with E-state index in [0.717, 1.165) is 6.33 Å². The van der Waals surface area contributed by atoms with Crippen molar-refractivity contribution in [2.75, 3.05) is 12.0 Å². The highest BCUT2D eigenvalue weighted by molar-refractivity contribution is 5.60. The molecular formula is C6H9N5O3. The molecule has 0 amide bonds. The third kappa shape index (κ3) is 1.85. The molecule has 14 heavy (non-hydrogen) atoms. The molecule has 8 heteroatoms. The number of ether oxygens (including phenoxy) is 1. The van der Waals surface area contributed by atoms with Crippen molar-refractivity contribution in [1.82, 2.24) is 9.97 Å². The Labute approximate surface area is 79.2 Å². The van der Waals surface area contributed by atoms with Gasteiger partial charge in [0.2, 0.25) is 5.82 Å². The second-order valence-corrected chi connectivity index (χ2v) is 2.21. The van der Waals surface area contributed by atoms with E-state index in [1.54, 1.807) is 6.92 Å². The van der Waals surface area contributed by atoms with Gasteiger partial charge in [-0.2, -0.15) is 4.98 Å². The summed E-state index contributed by atoms with van der Waals surface area (Å²) in [6.07, 6.45) is 1.13. The lowest BCUT2D eigenvalue weighted by molar-refractivity contribution is -0.385. The molecule has 0 aliphatic carbocycles. The molecule has 0 bridgehead atoms. The van der Waals surface area contributed by atoms with Crippen molar-refractivity contribution in [1.29, 1.82) is 0 Å². The van der Waals surface area contributed by atoms with Crippen LogP contribution in [0, 0.1) is 10.1 Å². The zero-order valence-corrected chi connectivity index (χ0v) is 7.43. The Morgan fingerprint density at radius 2 is 2.43 bits per heavy atom. The number of nitrogens with two attached hydrogens (primary N) is 1. The van der Waals surface area contributed by atoms with Crippen molar-refractivity contribution < 1.29 is 9.66 Å². The first-order valence-corrected chi connectivity index (χ1v) is 3.79. The molecule has 0 radical (unpaired) electrons. The molecule has 0 spiro atoms. The second kappa shape index (κ2) is 4.33. The van der Waals surface area contributed by atoms with Crippen molar-refractivity contribution >= 4 is 11.5 Å². The Balaban J connectivity index is 3.20. The molecule has 0 saturated carbocycles. The number of nitro groups is 1. The van der Waals surface area contributed by atoms with Crippen LogP contribution in [0.5, 0.6) is 5.88 Å². The monoisotopic (exact) mass is 199 g/mol. The number of nitrogens with one attached hydrogen (secondary N) is 1. The minimum absolute atomic E-state index is 0.0755. The maximum Gasteiger partial charge on any atom is 0.374 e. The molecule has 3 N–H and O–H groups in total. The van der Waals surface area contributed by atoms with Gasteiger partial charge in [-0.25, -0.2) is 10.8 Å². The SMILES string of the molecule is CCOc1ncnc(NN)c1[N+](=O)[O-]. The fourth-order valence-corrected chi connectivity index (χ4v) is 0.875. The van der Waals surface area contributed by atoms with Gasteiger partial charge in [0, 0.05) is 0 Å². The number of hydrogen-bond acceptors (Lipinski definition) is 7. The van der Waals surface area contributed by atoms with E-state index in [1.165, 1.54) is 0 Å². The Morgan fingerprint density at radius 1 is 1.71 bits per heavy atom. The molecule has 0 unspecified atom stereocenters. The highest BCUT2D eigenvalue weighted by Crippen LogP contribution is 2.29. The normalized spacial score (nSPS) is 9.57. The molecular weight excluding hydrogens is 190 g/mol. The number of nitrogen functional groups attached to an aromatic ring is 1. The van der Waals surface area contributed by atoms with Crippen molar-refractivity contribution in [2.45, 2.75) is 6.92 Å². The smallest absolute Gasteiger partial charge is 0.374 e. The third-order valence-electron chi connectivity index (χ3n) is 1.39. The van der Waals surface area contributed by atoms with Gasteiger partial charge in [0.05, 0.1) is 11.5 Å². The first-order valence-electron chi connectivity index (χ1n) is 3.79. The Kier molecular flexibility index (Phi) is 3.13. The first-order chi connectivity index (χ1) is 6.70. The van der Waals surface area contributed by atoms with Crippen LogP contribution < -0.4 is 16.0 Å². The van der Waals surface area contributed by atoms with E-state index in [4.69, 9.17) is 10.6 Å². The molecule has 1 aromatic rings. The van der Waals surface area contributed by atoms with Crippen LogP contribution in [0.1, 0.15) is 6.92 Å². The topological polar surface area (TPSA) is 116 Å². The van der Waals surface area contributed by atoms with Gasteiger partial charge in [0.1, 0.15) is 6.33 Å². The molecule has 0 fully saturated rings. The summed E-state index contributed by atoms with van der Waals surface area (Å²) >= 11 is 0. The van der Waals surface area contributed by atoms with Crippen molar-refractivity contribution in [3.63, 3.8) is 0 Å². The van der Waals surface area contributed by atoms with E-state index >= 15 is 0 Å². The van der Waals surface area contributed by atoms with Gasteiger partial charge in [0.25, 0.3) is 5.88 Å². The summed E-state index contributed by atoms with van der Waals surface area (Å²) < 4.78 is 4.95. The lowest BCUT2D eigenvalue weighted by Gasteiger charge is -2.04. The van der Waals surface area contributed by atoms with Gasteiger partial charge >= 0.3 is 5.69 Å². The molecule has 1 rings (SSSR count). The number of anilines is 1. The third-order valence-corrected chi connectivity index (χ3v) is 1.39. The van der Waals surface area contributed by atoms with Crippen molar-refractivity contribution in [2.24, 2.45) is 5.84 Å². The lowest BCUT2D eigenvalue weighted by atomic mass is 10.4. The molecule has 0 saturated heterocycles. The fraction of sp³-hybridized carbons (Fsp3) is 0.333. The Morgan fingerprint density at radius 3 is 2.93 bits per heavy atom. The maximum atomic E-state index is 10.6. The highest BCUT2D eigenvalue weighted by Gasteiger charge is 2.23. The molecule has 0 atom stereocenters. The number of hydrazine groups is 1. The number of rotatable bonds is 4. The quantitative estimate of drug-likeness (QED) is 0.400. The Hall–Kier alpha value is -1.96. The summed E-state index contributed by atoms with van der Waals surface area (Å²) in [5.74, 6) is 4.88. The minimum atomic E-state index is -0.653. The summed E-state index contributed by atoms with van der Waals surface area (Å²) in [5.41, 5.74) is 1.74. The van der Waals surface area contributed by atoms with Gasteiger partial charge in [0.15, 0.2) is 0 Å². The van der Waals surface area contributed by atoms with Gasteiger partial charge in [-0.1, -0.05) is 0 Å². The minimum Gasteiger partial charge on any atom is -0.473 e. The lowest BCUT2D eigenvalue weighted by Crippen LogP contribution is -2.12. The van der Waals surface area contributed by atoms with E-state index in [2.05, 4.69) is 15.4 Å². The van der Waals surface area contributed by atoms with E-state index in [1.807, 2.05) is 0 Å². The van der Waals surface area contributed by atoms with E-state index in [-0.39, 0.29) is 24.0 Å². The number of nitrogens with zero attached hydrogens (tertiary/aromatic N) is 3. The second-order valence-electron chi connectivity index (χ2n) is 2.21. The van der Waals surface area contributed by atoms with Crippen molar-refractivity contribution in [3.05, 3.63) is 16.4 Å². The van der Waals surface area contributed by atoms with Crippen LogP contribution in [-0.2, 0) is 0 Å². The van der Waals surface area contributed by atoms with E-state index in [9.17, 15) is 10.1 Å². The molecule has 76 valence electrons. The summed E-state index contributed by atoms with van der Waals surface area (Å²) in [4.78, 5) is 17.2. The standard InChI is InChI=1S/C6H9N5O3/c1-2-14-6-4(11(12)13)5(10-7)8-3-9-6/h3H,2,7H2,1H3,(H,8,9,10). The average molecular weight is 199 g/mol. The van der Waals surface area contributed by atoms with Crippen LogP contribution in [0.4, 0.5) is 11.5 Å². The summed E-state index contributed by atoms with van der Waals surface area (Å²) in [7, 11) is 0. The first kappa shape index (κ1) is 10.1. The zero-order chi connectivity index (χ0) is 10.6. The van der Waals surface area contributed by atoms with Gasteiger partial charge in [-0.3, -0.25) is 10.1 Å². The van der Waals surface area contributed by atoms with E-state index < -0.39 is 4.92 Å². The predicted octanol–water partition coefficient (Wildman–Crippen LogP) is 0.0691. The molecule has 0 aliphatic heterocycles. The van der Waals surface area contributed by atoms with Gasteiger partial charge < -0.3 is 10.2 Å². The highest BCUT2D eigenvalue weighted by atomic mass is 16.6. The zero-order valence-electron chi connectivity index (χ0n) is 7.43. The predicted molar refractivity (Wildman–Crippen MR) is 47.7 cm³/mol. The van der Waals surface area contributed by atoms with Crippen LogP contribution in [0.2, 0.25) is 0 Å². The maximum absolute atomic E-state index is 10.6. The van der Waals surface area contributed by atoms with Crippen LogP contribution in [0.15, 0.2) is 6.33 Å². The average Bonchev–Trinajstić information content (AvgIpc) is 2.17. The van der Waals surface area contributed by atoms with Gasteiger partial charge in [-0.05, 0) is 6.92 Å². The molecule has 0 aliphatic rings.